The van der Waals surface area contributed by atoms with E-state index in [1.165, 1.54) is 0 Å². The molecule has 1 amide bonds. The summed E-state index contributed by atoms with van der Waals surface area (Å²) < 4.78 is 0. The predicted octanol–water partition coefficient (Wildman–Crippen LogP) is 4.49. The second-order valence-corrected chi connectivity index (χ2v) is 5.90. The van der Waals surface area contributed by atoms with Crippen LogP contribution in [0.15, 0.2) is 84.0 Å². The molecule has 3 heteroatoms. The summed E-state index contributed by atoms with van der Waals surface area (Å²) in [5, 5.41) is 4.48. The van der Waals surface area contributed by atoms with E-state index in [0.717, 1.165) is 28.0 Å². The second-order valence-electron chi connectivity index (χ2n) is 5.90. The highest BCUT2D eigenvalue weighted by Gasteiger charge is 2.13. The Bertz CT molecular complexity index is 867. The number of carbonyl (C=O) groups excluding carboxylic acids is 1. The van der Waals surface area contributed by atoms with E-state index >= 15 is 0 Å². The number of nitrogens with one attached hydrogen (secondary N) is 1. The fourth-order valence-electron chi connectivity index (χ4n) is 2.70. The molecule has 25 heavy (non-hydrogen) atoms. The Morgan fingerprint density at radius 1 is 0.720 bits per heavy atom. The lowest BCUT2D eigenvalue weighted by Gasteiger charge is -2.12. The summed E-state index contributed by atoms with van der Waals surface area (Å²) in [6.45, 7) is 4.09. The molecule has 0 bridgehead atoms. The van der Waals surface area contributed by atoms with Gasteiger partial charge in [-0.25, -0.2) is 5.43 Å². The normalized spacial score (nSPS) is 10.2. The largest absolute Gasteiger partial charge is 0.271 e. The molecular weight excluding hydrogens is 308 g/mol. The third-order valence-corrected chi connectivity index (χ3v) is 4.11. The van der Waals surface area contributed by atoms with Crippen molar-refractivity contribution in [1.29, 1.82) is 0 Å². The molecule has 1 N–H and O–H groups in total. The average Bonchev–Trinajstić information content (AvgIpc) is 2.65. The Labute approximate surface area is 148 Å². The van der Waals surface area contributed by atoms with Crippen LogP contribution in [0.3, 0.4) is 0 Å². The van der Waals surface area contributed by atoms with Crippen molar-refractivity contribution in [1.82, 2.24) is 5.43 Å². The fraction of sp³-hybridized carbons (Fsp3) is 0.0909. The molecule has 0 aliphatic rings. The Morgan fingerprint density at radius 2 is 1.20 bits per heavy atom. The number of rotatable bonds is 4. The SMILES string of the molecule is Cc1ccccc1C(=NNC(=O)c1ccccc1)c1ccccc1C. The first-order chi connectivity index (χ1) is 12.2. The molecule has 0 radical (unpaired) electrons. The van der Waals surface area contributed by atoms with E-state index in [1.54, 1.807) is 12.1 Å². The third kappa shape index (κ3) is 3.83. The molecule has 0 aliphatic heterocycles. The molecule has 3 rings (SSSR count). The molecule has 0 fully saturated rings. The first-order valence-electron chi connectivity index (χ1n) is 8.22. The molecule has 3 aromatic rings. The molecule has 0 aromatic heterocycles. The van der Waals surface area contributed by atoms with Gasteiger partial charge in [0.15, 0.2) is 0 Å². The number of hydrogen-bond donors (Lipinski definition) is 1. The Balaban J connectivity index is 2.01. The zero-order valence-corrected chi connectivity index (χ0v) is 14.4. The first kappa shape index (κ1) is 16.7. The maximum atomic E-state index is 12.4. The van der Waals surface area contributed by atoms with Gasteiger partial charge in [0.25, 0.3) is 5.91 Å². The lowest BCUT2D eigenvalue weighted by molar-refractivity contribution is 0.0955. The maximum absolute atomic E-state index is 12.4. The van der Waals surface area contributed by atoms with Crippen molar-refractivity contribution in [3.63, 3.8) is 0 Å². The molecular formula is C22H20N2O. The van der Waals surface area contributed by atoms with Crippen molar-refractivity contribution in [2.24, 2.45) is 5.10 Å². The summed E-state index contributed by atoms with van der Waals surface area (Å²) in [6, 6.07) is 25.2. The van der Waals surface area contributed by atoms with Crippen molar-refractivity contribution in [2.75, 3.05) is 0 Å². The van der Waals surface area contributed by atoms with Gasteiger partial charge in [-0.05, 0) is 37.1 Å². The zero-order valence-electron chi connectivity index (χ0n) is 14.4. The van der Waals surface area contributed by atoms with Crippen LogP contribution in [-0.4, -0.2) is 11.6 Å². The van der Waals surface area contributed by atoms with E-state index in [-0.39, 0.29) is 5.91 Å². The fourth-order valence-corrected chi connectivity index (χ4v) is 2.70. The highest BCUT2D eigenvalue weighted by molar-refractivity contribution is 6.15. The number of aryl methyl sites for hydroxylation is 2. The van der Waals surface area contributed by atoms with Gasteiger partial charge in [-0.3, -0.25) is 4.79 Å². The van der Waals surface area contributed by atoms with Gasteiger partial charge in [0.05, 0.1) is 5.71 Å². The van der Waals surface area contributed by atoms with Gasteiger partial charge in [-0.1, -0.05) is 66.7 Å². The van der Waals surface area contributed by atoms with Gasteiger partial charge in [-0.15, -0.1) is 0 Å². The van der Waals surface area contributed by atoms with Crippen molar-refractivity contribution < 1.29 is 4.79 Å². The second kappa shape index (κ2) is 7.58. The monoisotopic (exact) mass is 328 g/mol. The summed E-state index contributed by atoms with van der Waals surface area (Å²) in [4.78, 5) is 12.4. The standard InChI is InChI=1S/C22H20N2O/c1-16-10-6-8-14-19(16)21(20-15-9-7-11-17(20)2)23-24-22(25)18-12-4-3-5-13-18/h3-15H,1-2H3,(H,24,25). The summed E-state index contributed by atoms with van der Waals surface area (Å²) in [5.41, 5.74) is 8.28. The molecule has 0 aliphatic carbocycles. The Hall–Kier alpha value is -3.20. The van der Waals surface area contributed by atoms with Gasteiger partial charge < -0.3 is 0 Å². The third-order valence-electron chi connectivity index (χ3n) is 4.11. The van der Waals surface area contributed by atoms with Gasteiger partial charge in [0.1, 0.15) is 0 Å². The van der Waals surface area contributed by atoms with Gasteiger partial charge in [0.2, 0.25) is 0 Å². The molecule has 3 aromatic carbocycles. The van der Waals surface area contributed by atoms with Crippen LogP contribution in [0.2, 0.25) is 0 Å². The van der Waals surface area contributed by atoms with Crippen LogP contribution in [0.1, 0.15) is 32.6 Å². The van der Waals surface area contributed by atoms with Crippen LogP contribution in [0.4, 0.5) is 0 Å². The van der Waals surface area contributed by atoms with Gasteiger partial charge in [-0.2, -0.15) is 5.10 Å². The molecule has 0 saturated heterocycles. The number of hydrogen-bond acceptors (Lipinski definition) is 2. The quantitative estimate of drug-likeness (QED) is 0.556. The molecule has 3 nitrogen and oxygen atoms in total. The van der Waals surface area contributed by atoms with E-state index in [4.69, 9.17) is 0 Å². The van der Waals surface area contributed by atoms with Crippen LogP contribution in [0, 0.1) is 13.8 Å². The Kier molecular flexibility index (Phi) is 5.05. The minimum absolute atomic E-state index is 0.222. The van der Waals surface area contributed by atoms with E-state index in [2.05, 4.69) is 10.5 Å². The van der Waals surface area contributed by atoms with Crippen molar-refractivity contribution in [3.8, 4) is 0 Å². The number of hydrazone groups is 1. The first-order valence-corrected chi connectivity index (χ1v) is 8.22. The summed E-state index contributed by atoms with van der Waals surface area (Å²) in [7, 11) is 0. The van der Waals surface area contributed by atoms with Crippen LogP contribution in [-0.2, 0) is 0 Å². The van der Waals surface area contributed by atoms with Crippen LogP contribution >= 0.6 is 0 Å². The van der Waals surface area contributed by atoms with Crippen LogP contribution in [0.5, 0.6) is 0 Å². The van der Waals surface area contributed by atoms with Crippen molar-refractivity contribution in [2.45, 2.75) is 13.8 Å². The summed E-state index contributed by atoms with van der Waals surface area (Å²) in [6.07, 6.45) is 0. The lowest BCUT2D eigenvalue weighted by Crippen LogP contribution is -2.21. The molecule has 0 unspecified atom stereocenters. The number of nitrogens with zero attached hydrogens (tertiary/aromatic N) is 1. The predicted molar refractivity (Wildman–Crippen MR) is 102 cm³/mol. The topological polar surface area (TPSA) is 41.5 Å². The number of benzene rings is 3. The van der Waals surface area contributed by atoms with Crippen LogP contribution in [0.25, 0.3) is 0 Å². The molecule has 0 heterocycles. The van der Waals surface area contributed by atoms with Gasteiger partial charge >= 0.3 is 0 Å². The van der Waals surface area contributed by atoms with Crippen molar-refractivity contribution >= 4 is 11.6 Å². The van der Waals surface area contributed by atoms with Gasteiger partial charge in [0, 0.05) is 16.7 Å². The minimum Gasteiger partial charge on any atom is -0.267 e. The van der Waals surface area contributed by atoms with Crippen molar-refractivity contribution in [3.05, 3.63) is 107 Å². The molecule has 0 atom stereocenters. The summed E-state index contributed by atoms with van der Waals surface area (Å²) >= 11 is 0. The summed E-state index contributed by atoms with van der Waals surface area (Å²) in [5.74, 6) is -0.222. The van der Waals surface area contributed by atoms with E-state index in [1.807, 2.05) is 80.6 Å². The average molecular weight is 328 g/mol. The van der Waals surface area contributed by atoms with E-state index < -0.39 is 0 Å². The van der Waals surface area contributed by atoms with Crippen LogP contribution < -0.4 is 5.43 Å². The lowest BCUT2D eigenvalue weighted by atomic mass is 9.95. The zero-order chi connectivity index (χ0) is 17.6. The number of amides is 1. The highest BCUT2D eigenvalue weighted by Crippen LogP contribution is 2.17. The molecule has 0 spiro atoms. The molecule has 0 saturated carbocycles. The van der Waals surface area contributed by atoms with E-state index in [9.17, 15) is 4.79 Å². The smallest absolute Gasteiger partial charge is 0.267 e. The maximum Gasteiger partial charge on any atom is 0.271 e. The minimum atomic E-state index is -0.222. The number of carbonyl (C=O) groups is 1. The Morgan fingerprint density at radius 3 is 1.72 bits per heavy atom. The van der Waals surface area contributed by atoms with E-state index in [0.29, 0.717) is 5.56 Å². The highest BCUT2D eigenvalue weighted by atomic mass is 16.2. The molecule has 124 valence electrons.